The van der Waals surface area contributed by atoms with Crippen molar-refractivity contribution in [1.82, 2.24) is 14.8 Å². The third-order valence-electron chi connectivity index (χ3n) is 3.01. The van der Waals surface area contributed by atoms with Gasteiger partial charge in [0.05, 0.1) is 11.8 Å². The van der Waals surface area contributed by atoms with E-state index in [0.29, 0.717) is 23.0 Å². The highest BCUT2D eigenvalue weighted by Gasteiger charge is 2.07. The lowest BCUT2D eigenvalue weighted by molar-refractivity contribution is 0.0697. The van der Waals surface area contributed by atoms with E-state index < -0.39 is 5.97 Å². The molecule has 3 N–H and O–H groups in total. The first-order valence-corrected chi connectivity index (χ1v) is 6.82. The number of aromatic amines is 1. The highest BCUT2D eigenvalue weighted by molar-refractivity contribution is 7.71. The summed E-state index contributed by atoms with van der Waals surface area (Å²) in [4.78, 5) is 15.0. The Morgan fingerprint density at radius 2 is 2.14 bits per heavy atom. The Morgan fingerprint density at radius 3 is 2.77 bits per heavy atom. The molecule has 0 saturated heterocycles. The van der Waals surface area contributed by atoms with Gasteiger partial charge in [-0.25, -0.2) is 9.48 Å². The number of aromatic nitrogens is 3. The maximum Gasteiger partial charge on any atom is 0.335 e. The number of carboxylic acid groups (broad SMARTS) is 1. The minimum absolute atomic E-state index is 0.240. The quantitative estimate of drug-likeness (QED) is 0.626. The molecule has 0 aliphatic carbocycles. The Bertz CT molecular complexity index is 834. The molecule has 0 aliphatic heterocycles. The first kappa shape index (κ1) is 14.1. The van der Waals surface area contributed by atoms with Gasteiger partial charge in [0.25, 0.3) is 0 Å². The van der Waals surface area contributed by atoms with Crippen LogP contribution in [0.3, 0.4) is 0 Å². The van der Waals surface area contributed by atoms with E-state index in [-0.39, 0.29) is 5.56 Å². The molecule has 0 fully saturated rings. The van der Waals surface area contributed by atoms with Gasteiger partial charge in [-0.15, -0.1) is 0 Å². The van der Waals surface area contributed by atoms with E-state index in [9.17, 15) is 4.79 Å². The van der Waals surface area contributed by atoms with Crippen LogP contribution in [-0.4, -0.2) is 25.8 Å². The van der Waals surface area contributed by atoms with Crippen LogP contribution in [0.4, 0.5) is 5.69 Å². The molecule has 22 heavy (non-hydrogen) atoms. The summed E-state index contributed by atoms with van der Waals surface area (Å²) in [5.74, 6) is 0.208. The lowest BCUT2D eigenvalue weighted by Crippen LogP contribution is -2.09. The number of anilines is 1. The molecular formula is C14H12N4O3S. The average Bonchev–Trinajstić information content (AvgIpc) is 3.15. The van der Waals surface area contributed by atoms with Gasteiger partial charge in [-0.2, -0.15) is 4.98 Å². The van der Waals surface area contributed by atoms with E-state index in [2.05, 4.69) is 15.4 Å². The molecule has 0 saturated carbocycles. The van der Waals surface area contributed by atoms with Crippen LogP contribution in [0.25, 0.3) is 11.6 Å². The number of carboxylic acids is 1. The van der Waals surface area contributed by atoms with Crippen molar-refractivity contribution in [2.75, 3.05) is 5.32 Å². The molecule has 1 aromatic carbocycles. The molecule has 0 spiro atoms. The SMILES string of the molecule is O=C(O)c1ccc(NCn2[nH]c(-c3ccco3)nc2=S)cc1. The van der Waals surface area contributed by atoms with Gasteiger partial charge in [0.2, 0.25) is 4.77 Å². The van der Waals surface area contributed by atoms with Crippen LogP contribution in [0.5, 0.6) is 0 Å². The second kappa shape index (κ2) is 5.86. The van der Waals surface area contributed by atoms with Gasteiger partial charge < -0.3 is 14.8 Å². The average molecular weight is 316 g/mol. The highest BCUT2D eigenvalue weighted by atomic mass is 32.1. The minimum atomic E-state index is -0.953. The predicted octanol–water partition coefficient (Wildman–Crippen LogP) is 2.97. The third-order valence-corrected chi connectivity index (χ3v) is 3.32. The number of H-pyrrole nitrogens is 1. The smallest absolute Gasteiger partial charge is 0.335 e. The fraction of sp³-hybridized carbons (Fsp3) is 0.0714. The fourth-order valence-electron chi connectivity index (χ4n) is 1.89. The summed E-state index contributed by atoms with van der Waals surface area (Å²) in [6.07, 6.45) is 1.56. The molecule has 2 heterocycles. The summed E-state index contributed by atoms with van der Waals surface area (Å²) in [5.41, 5.74) is 1.02. The van der Waals surface area contributed by atoms with Crippen molar-refractivity contribution in [2.24, 2.45) is 0 Å². The molecular weight excluding hydrogens is 304 g/mol. The van der Waals surface area contributed by atoms with E-state index in [1.807, 2.05) is 0 Å². The lowest BCUT2D eigenvalue weighted by Gasteiger charge is -2.07. The van der Waals surface area contributed by atoms with Crippen molar-refractivity contribution in [3.05, 3.63) is 53.0 Å². The van der Waals surface area contributed by atoms with Crippen LogP contribution in [0.1, 0.15) is 10.4 Å². The van der Waals surface area contributed by atoms with E-state index in [0.717, 1.165) is 5.69 Å². The fourth-order valence-corrected chi connectivity index (χ4v) is 2.09. The molecule has 0 atom stereocenters. The third kappa shape index (κ3) is 2.91. The number of furan rings is 1. The Hall–Kier alpha value is -2.87. The Labute approximate surface area is 130 Å². The summed E-state index contributed by atoms with van der Waals surface area (Å²) >= 11 is 5.18. The van der Waals surface area contributed by atoms with Crippen LogP contribution in [0.15, 0.2) is 47.1 Å². The van der Waals surface area contributed by atoms with Crippen molar-refractivity contribution in [3.63, 3.8) is 0 Å². The monoisotopic (exact) mass is 316 g/mol. The molecule has 0 bridgehead atoms. The highest BCUT2D eigenvalue weighted by Crippen LogP contribution is 2.15. The van der Waals surface area contributed by atoms with Crippen molar-refractivity contribution in [3.8, 4) is 11.6 Å². The maximum atomic E-state index is 10.8. The van der Waals surface area contributed by atoms with Gasteiger partial charge in [0.1, 0.15) is 6.67 Å². The molecule has 0 amide bonds. The lowest BCUT2D eigenvalue weighted by atomic mass is 10.2. The van der Waals surface area contributed by atoms with Gasteiger partial charge in [-0.3, -0.25) is 5.10 Å². The topological polar surface area (TPSA) is 96.1 Å². The van der Waals surface area contributed by atoms with Crippen LogP contribution in [0, 0.1) is 4.77 Å². The van der Waals surface area contributed by atoms with Gasteiger partial charge in [-0.05, 0) is 48.6 Å². The normalized spacial score (nSPS) is 10.5. The van der Waals surface area contributed by atoms with Crippen LogP contribution in [0.2, 0.25) is 0 Å². The largest absolute Gasteiger partial charge is 0.478 e. The van der Waals surface area contributed by atoms with Gasteiger partial charge in [0, 0.05) is 5.69 Å². The van der Waals surface area contributed by atoms with Crippen molar-refractivity contribution in [1.29, 1.82) is 0 Å². The summed E-state index contributed by atoms with van der Waals surface area (Å²) in [5, 5.41) is 15.0. The standard InChI is InChI=1S/C14H12N4O3S/c19-13(20)9-3-5-10(6-4-9)15-8-18-14(22)16-12(17-18)11-2-1-7-21-11/h1-7,15H,8H2,(H,19,20)(H,16,17,22). The molecule has 112 valence electrons. The summed E-state index contributed by atoms with van der Waals surface area (Å²) in [7, 11) is 0. The molecule has 0 radical (unpaired) electrons. The molecule has 2 aromatic heterocycles. The first-order valence-electron chi connectivity index (χ1n) is 6.41. The van der Waals surface area contributed by atoms with Crippen molar-refractivity contribution in [2.45, 2.75) is 6.67 Å². The number of hydrogen-bond acceptors (Lipinski definition) is 5. The maximum absolute atomic E-state index is 10.8. The van der Waals surface area contributed by atoms with E-state index in [1.165, 1.54) is 12.1 Å². The minimum Gasteiger partial charge on any atom is -0.478 e. The number of benzene rings is 1. The second-order valence-corrected chi connectivity index (χ2v) is 4.84. The number of rotatable bonds is 5. The van der Waals surface area contributed by atoms with Crippen molar-refractivity contribution >= 4 is 23.9 Å². The number of carbonyl (C=O) groups is 1. The molecule has 8 heteroatoms. The van der Waals surface area contributed by atoms with Gasteiger partial charge >= 0.3 is 5.97 Å². The molecule has 0 aliphatic rings. The zero-order chi connectivity index (χ0) is 15.5. The predicted molar refractivity (Wildman–Crippen MR) is 82.1 cm³/mol. The molecule has 0 unspecified atom stereocenters. The molecule has 3 rings (SSSR count). The Balaban J connectivity index is 1.71. The Morgan fingerprint density at radius 1 is 1.36 bits per heavy atom. The number of nitrogens with one attached hydrogen (secondary N) is 2. The van der Waals surface area contributed by atoms with E-state index in [4.69, 9.17) is 21.7 Å². The van der Waals surface area contributed by atoms with Crippen LogP contribution in [-0.2, 0) is 6.67 Å². The number of nitrogens with zero attached hydrogens (tertiary/aromatic N) is 2. The summed E-state index contributed by atoms with van der Waals surface area (Å²) in [6.45, 7) is 0.374. The molecule has 3 aromatic rings. The van der Waals surface area contributed by atoms with Gasteiger partial charge in [0.15, 0.2) is 11.6 Å². The second-order valence-electron chi connectivity index (χ2n) is 4.48. The first-order chi connectivity index (χ1) is 10.6. The summed E-state index contributed by atoms with van der Waals surface area (Å²) < 4.78 is 7.30. The number of hydrogen-bond donors (Lipinski definition) is 3. The summed E-state index contributed by atoms with van der Waals surface area (Å²) in [6, 6.07) is 10.0. The van der Waals surface area contributed by atoms with E-state index >= 15 is 0 Å². The van der Waals surface area contributed by atoms with Gasteiger partial charge in [-0.1, -0.05) is 0 Å². The van der Waals surface area contributed by atoms with Crippen LogP contribution >= 0.6 is 12.2 Å². The van der Waals surface area contributed by atoms with E-state index in [1.54, 1.807) is 35.2 Å². The Kier molecular flexibility index (Phi) is 3.75. The number of aromatic carboxylic acids is 1. The zero-order valence-corrected chi connectivity index (χ0v) is 12.1. The van der Waals surface area contributed by atoms with Crippen molar-refractivity contribution < 1.29 is 14.3 Å². The molecule has 7 nitrogen and oxygen atoms in total. The van der Waals surface area contributed by atoms with Crippen LogP contribution < -0.4 is 5.32 Å². The zero-order valence-electron chi connectivity index (χ0n) is 11.3.